The van der Waals surface area contributed by atoms with E-state index in [4.69, 9.17) is 5.11 Å². The molecule has 2 rings (SSSR count). The van der Waals surface area contributed by atoms with Gasteiger partial charge >= 0.3 is 0 Å². The first kappa shape index (κ1) is 15.6. The molecule has 0 aliphatic rings. The summed E-state index contributed by atoms with van der Waals surface area (Å²) >= 11 is 1.51. The molecule has 0 spiro atoms. The topological polar surface area (TPSA) is 20.2 Å². The molecule has 0 aliphatic heterocycles. The normalized spacial score (nSPS) is 10.0. The summed E-state index contributed by atoms with van der Waals surface area (Å²) in [6, 6.07) is 10.9. The number of aliphatic hydroxyl groups excluding tert-OH is 1. The SMILES string of the molecule is OCCC#Cc1cc(F)cc(CSc2ccc(F)cc2)c1. The third kappa shape index (κ3) is 5.22. The maximum absolute atomic E-state index is 13.5. The Balaban J connectivity index is 2.06. The highest BCUT2D eigenvalue weighted by Crippen LogP contribution is 2.23. The van der Waals surface area contributed by atoms with Crippen molar-refractivity contribution in [2.45, 2.75) is 17.1 Å². The van der Waals surface area contributed by atoms with Crippen LogP contribution in [0.15, 0.2) is 47.4 Å². The van der Waals surface area contributed by atoms with Crippen LogP contribution in [0.5, 0.6) is 0 Å². The number of rotatable bonds is 4. The second kappa shape index (κ2) is 7.82. The van der Waals surface area contributed by atoms with Gasteiger partial charge < -0.3 is 5.11 Å². The Hall–Kier alpha value is -1.83. The zero-order chi connectivity index (χ0) is 15.1. The van der Waals surface area contributed by atoms with Crippen molar-refractivity contribution < 1.29 is 13.9 Å². The summed E-state index contributed by atoms with van der Waals surface area (Å²) in [6.07, 6.45) is 0.371. The van der Waals surface area contributed by atoms with Crippen LogP contribution >= 0.6 is 11.8 Å². The Labute approximate surface area is 127 Å². The van der Waals surface area contributed by atoms with Crippen molar-refractivity contribution in [3.63, 3.8) is 0 Å². The molecule has 0 aromatic heterocycles. The van der Waals surface area contributed by atoms with Crippen LogP contribution in [-0.2, 0) is 5.75 Å². The molecular formula is C17H14F2OS. The van der Waals surface area contributed by atoms with E-state index in [0.29, 0.717) is 17.7 Å². The zero-order valence-corrected chi connectivity index (χ0v) is 12.1. The van der Waals surface area contributed by atoms with Gasteiger partial charge in [-0.2, -0.15) is 0 Å². The fourth-order valence-corrected chi connectivity index (χ4v) is 2.55. The van der Waals surface area contributed by atoms with E-state index >= 15 is 0 Å². The van der Waals surface area contributed by atoms with Gasteiger partial charge in [0.1, 0.15) is 11.6 Å². The van der Waals surface area contributed by atoms with Crippen LogP contribution in [0.2, 0.25) is 0 Å². The molecule has 0 bridgehead atoms. The summed E-state index contributed by atoms with van der Waals surface area (Å²) in [7, 11) is 0. The van der Waals surface area contributed by atoms with Crippen molar-refractivity contribution in [1.29, 1.82) is 0 Å². The first-order valence-corrected chi connectivity index (χ1v) is 7.43. The minimum atomic E-state index is -0.333. The van der Waals surface area contributed by atoms with Gasteiger partial charge in [-0.25, -0.2) is 8.78 Å². The van der Waals surface area contributed by atoms with Gasteiger partial charge in [0.05, 0.1) is 6.61 Å². The molecule has 0 aliphatic carbocycles. The number of benzene rings is 2. The molecule has 0 amide bonds. The third-order valence-electron chi connectivity index (χ3n) is 2.65. The molecule has 0 saturated heterocycles. The Bertz CT molecular complexity index is 657. The van der Waals surface area contributed by atoms with Crippen LogP contribution < -0.4 is 0 Å². The predicted molar refractivity (Wildman–Crippen MR) is 80.9 cm³/mol. The standard InChI is InChI=1S/C17H14F2OS/c18-15-4-6-17(7-5-15)21-12-14-9-13(3-1-2-8-20)10-16(19)11-14/h4-7,9-11,20H,2,8,12H2. The summed E-state index contributed by atoms with van der Waals surface area (Å²) in [5.74, 6) is 5.57. The first-order chi connectivity index (χ1) is 10.2. The highest BCUT2D eigenvalue weighted by molar-refractivity contribution is 7.98. The Morgan fingerprint density at radius 3 is 2.48 bits per heavy atom. The van der Waals surface area contributed by atoms with Crippen molar-refractivity contribution >= 4 is 11.8 Å². The first-order valence-electron chi connectivity index (χ1n) is 6.45. The summed E-state index contributed by atoms with van der Waals surface area (Å²) in [6.45, 7) is -0.00437. The number of halogens is 2. The number of hydrogen-bond donors (Lipinski definition) is 1. The van der Waals surface area contributed by atoms with Gasteiger partial charge in [-0.15, -0.1) is 11.8 Å². The van der Waals surface area contributed by atoms with Crippen molar-refractivity contribution in [1.82, 2.24) is 0 Å². The van der Waals surface area contributed by atoms with Crippen molar-refractivity contribution in [3.8, 4) is 11.8 Å². The molecule has 2 aromatic carbocycles. The summed E-state index contributed by atoms with van der Waals surface area (Å²) < 4.78 is 26.4. The van der Waals surface area contributed by atoms with Crippen molar-refractivity contribution in [2.24, 2.45) is 0 Å². The largest absolute Gasteiger partial charge is 0.395 e. The quantitative estimate of drug-likeness (QED) is 0.681. The lowest BCUT2D eigenvalue weighted by molar-refractivity contribution is 0.305. The van der Waals surface area contributed by atoms with E-state index in [-0.39, 0.29) is 18.2 Å². The smallest absolute Gasteiger partial charge is 0.124 e. The molecule has 0 unspecified atom stereocenters. The molecule has 21 heavy (non-hydrogen) atoms. The van der Waals surface area contributed by atoms with Crippen molar-refractivity contribution in [3.05, 3.63) is 65.2 Å². The van der Waals surface area contributed by atoms with Gasteiger partial charge in [0.15, 0.2) is 0 Å². The average molecular weight is 304 g/mol. The minimum absolute atomic E-state index is 0.00437. The van der Waals surface area contributed by atoms with E-state index in [9.17, 15) is 8.78 Å². The molecule has 0 fully saturated rings. The Morgan fingerprint density at radius 2 is 1.76 bits per heavy atom. The fourth-order valence-electron chi connectivity index (χ4n) is 1.72. The molecule has 108 valence electrons. The molecule has 2 aromatic rings. The monoisotopic (exact) mass is 304 g/mol. The van der Waals surface area contributed by atoms with Crippen LogP contribution in [-0.4, -0.2) is 11.7 Å². The maximum atomic E-state index is 13.5. The molecular weight excluding hydrogens is 290 g/mol. The van der Waals surface area contributed by atoms with Crippen molar-refractivity contribution in [2.75, 3.05) is 6.61 Å². The van der Waals surface area contributed by atoms with E-state index in [2.05, 4.69) is 11.8 Å². The molecule has 1 nitrogen and oxygen atoms in total. The van der Waals surface area contributed by atoms with Gasteiger partial charge in [-0.3, -0.25) is 0 Å². The second-order valence-electron chi connectivity index (χ2n) is 4.37. The Kier molecular flexibility index (Phi) is 5.79. The molecule has 0 saturated carbocycles. The van der Waals surface area contributed by atoms with Gasteiger partial charge in [0.2, 0.25) is 0 Å². The fraction of sp³-hybridized carbons (Fsp3) is 0.176. The number of aliphatic hydroxyl groups is 1. The predicted octanol–water partition coefficient (Wildman–Crippen LogP) is 3.99. The van der Waals surface area contributed by atoms with Crippen LogP contribution in [0.3, 0.4) is 0 Å². The molecule has 1 N–H and O–H groups in total. The van der Waals surface area contributed by atoms with Gasteiger partial charge in [0.25, 0.3) is 0 Å². The van der Waals surface area contributed by atoms with E-state index < -0.39 is 0 Å². The number of thioether (sulfide) groups is 1. The second-order valence-corrected chi connectivity index (χ2v) is 5.41. The summed E-state index contributed by atoms with van der Waals surface area (Å²) in [4.78, 5) is 0.925. The lowest BCUT2D eigenvalue weighted by Crippen LogP contribution is -1.87. The number of hydrogen-bond acceptors (Lipinski definition) is 2. The lowest BCUT2D eigenvalue weighted by atomic mass is 10.1. The van der Waals surface area contributed by atoms with Crippen LogP contribution in [0, 0.1) is 23.5 Å². The molecule has 0 atom stereocenters. The maximum Gasteiger partial charge on any atom is 0.124 e. The van der Waals surface area contributed by atoms with E-state index in [1.54, 1.807) is 12.1 Å². The lowest BCUT2D eigenvalue weighted by Gasteiger charge is -2.03. The highest BCUT2D eigenvalue weighted by Gasteiger charge is 2.01. The van der Waals surface area contributed by atoms with E-state index in [1.807, 2.05) is 6.07 Å². The van der Waals surface area contributed by atoms with E-state index in [1.165, 1.54) is 36.0 Å². The van der Waals surface area contributed by atoms with Gasteiger partial charge in [0, 0.05) is 22.6 Å². The summed E-state index contributed by atoms with van der Waals surface area (Å²) in [5, 5.41) is 8.68. The molecule has 0 heterocycles. The highest BCUT2D eigenvalue weighted by atomic mass is 32.2. The summed E-state index contributed by atoms with van der Waals surface area (Å²) in [5.41, 5.74) is 1.41. The average Bonchev–Trinajstić information content (AvgIpc) is 2.46. The van der Waals surface area contributed by atoms with Crippen LogP contribution in [0.25, 0.3) is 0 Å². The van der Waals surface area contributed by atoms with Crippen LogP contribution in [0.1, 0.15) is 17.5 Å². The third-order valence-corrected chi connectivity index (χ3v) is 3.73. The Morgan fingerprint density at radius 1 is 1.00 bits per heavy atom. The molecule has 0 radical (unpaired) electrons. The van der Waals surface area contributed by atoms with Gasteiger partial charge in [-0.1, -0.05) is 11.8 Å². The van der Waals surface area contributed by atoms with E-state index in [0.717, 1.165) is 10.5 Å². The van der Waals surface area contributed by atoms with Crippen LogP contribution in [0.4, 0.5) is 8.78 Å². The zero-order valence-electron chi connectivity index (χ0n) is 11.3. The molecule has 4 heteroatoms. The van der Waals surface area contributed by atoms with Gasteiger partial charge in [-0.05, 0) is 48.0 Å². The minimum Gasteiger partial charge on any atom is -0.395 e.